The molecular weight excluding hydrogens is 204 g/mol. The van der Waals surface area contributed by atoms with Gasteiger partial charge < -0.3 is 9.52 Å². The molecule has 1 aromatic heterocycles. The molecule has 0 radical (unpaired) electrons. The van der Waals surface area contributed by atoms with Crippen molar-refractivity contribution in [3.8, 4) is 5.75 Å². The van der Waals surface area contributed by atoms with Crippen LogP contribution in [0.4, 0.5) is 0 Å². The summed E-state index contributed by atoms with van der Waals surface area (Å²) in [7, 11) is 0. The van der Waals surface area contributed by atoms with Crippen LogP contribution in [0, 0.1) is 6.92 Å². The maximum absolute atomic E-state index is 11.7. The monoisotopic (exact) mass is 216 g/mol. The van der Waals surface area contributed by atoms with E-state index in [1.54, 1.807) is 19.1 Å². The van der Waals surface area contributed by atoms with E-state index in [1.165, 1.54) is 0 Å². The number of phenols is 1. The van der Waals surface area contributed by atoms with Gasteiger partial charge in [-0.15, -0.1) is 0 Å². The molecule has 0 unspecified atom stereocenters. The van der Waals surface area contributed by atoms with Gasteiger partial charge in [-0.2, -0.15) is 0 Å². The molecule has 3 heteroatoms. The highest BCUT2D eigenvalue weighted by Gasteiger charge is 2.20. The van der Waals surface area contributed by atoms with Crippen LogP contribution in [0.15, 0.2) is 21.3 Å². The van der Waals surface area contributed by atoms with Crippen molar-refractivity contribution in [2.75, 3.05) is 0 Å². The Bertz CT molecular complexity index is 638. The van der Waals surface area contributed by atoms with Crippen LogP contribution in [0.2, 0.25) is 0 Å². The van der Waals surface area contributed by atoms with E-state index in [4.69, 9.17) is 4.42 Å². The first-order valence-corrected chi connectivity index (χ1v) is 5.45. The number of phenolic OH excluding ortho intramolecular Hbond substituents is 1. The molecule has 82 valence electrons. The molecular formula is C13H12O3. The summed E-state index contributed by atoms with van der Waals surface area (Å²) in [6, 6.07) is 3.43. The standard InChI is InChI=1S/C13H12O3/c1-7-5-12-10(6-11(7)14)8-3-2-4-9(8)13(15)16-12/h5-6,14H,2-4H2,1H3. The van der Waals surface area contributed by atoms with Gasteiger partial charge in [0, 0.05) is 10.9 Å². The summed E-state index contributed by atoms with van der Waals surface area (Å²) in [6.45, 7) is 1.79. The maximum Gasteiger partial charge on any atom is 0.339 e. The van der Waals surface area contributed by atoms with Gasteiger partial charge in [0.2, 0.25) is 0 Å². The second-order valence-corrected chi connectivity index (χ2v) is 4.34. The van der Waals surface area contributed by atoms with Gasteiger partial charge in [0.1, 0.15) is 11.3 Å². The molecule has 0 aliphatic heterocycles. The van der Waals surface area contributed by atoms with E-state index in [1.807, 2.05) is 0 Å². The lowest BCUT2D eigenvalue weighted by atomic mass is 10.0. The molecule has 0 amide bonds. The molecule has 1 aliphatic carbocycles. The topological polar surface area (TPSA) is 50.4 Å². The molecule has 0 saturated heterocycles. The Morgan fingerprint density at radius 2 is 2.00 bits per heavy atom. The number of hydrogen-bond acceptors (Lipinski definition) is 3. The van der Waals surface area contributed by atoms with Crippen molar-refractivity contribution in [1.82, 2.24) is 0 Å². The Morgan fingerprint density at radius 3 is 2.81 bits per heavy atom. The Kier molecular flexibility index (Phi) is 1.84. The van der Waals surface area contributed by atoms with Crippen LogP contribution in [0.1, 0.15) is 23.1 Å². The first-order valence-electron chi connectivity index (χ1n) is 5.45. The summed E-state index contributed by atoms with van der Waals surface area (Å²) in [5.74, 6) is 0.260. The van der Waals surface area contributed by atoms with Gasteiger partial charge >= 0.3 is 5.63 Å². The number of aryl methyl sites for hydroxylation is 2. The molecule has 2 aromatic rings. The summed E-state index contributed by atoms with van der Waals surface area (Å²) in [4.78, 5) is 11.7. The molecule has 3 rings (SSSR count). The van der Waals surface area contributed by atoms with Crippen molar-refractivity contribution in [2.24, 2.45) is 0 Å². The Balaban J connectivity index is 2.48. The number of rotatable bonds is 0. The maximum atomic E-state index is 11.7. The molecule has 3 nitrogen and oxygen atoms in total. The minimum absolute atomic E-state index is 0.218. The highest BCUT2D eigenvalue weighted by Crippen LogP contribution is 2.31. The van der Waals surface area contributed by atoms with E-state index in [0.717, 1.165) is 41.3 Å². The molecule has 1 N–H and O–H groups in total. The van der Waals surface area contributed by atoms with E-state index in [0.29, 0.717) is 5.58 Å². The SMILES string of the molecule is Cc1cc2oc(=O)c3c(c2cc1O)CCC3. The molecule has 16 heavy (non-hydrogen) atoms. The van der Waals surface area contributed by atoms with Crippen molar-refractivity contribution in [3.63, 3.8) is 0 Å². The van der Waals surface area contributed by atoms with Gasteiger partial charge in [0.05, 0.1) is 0 Å². The van der Waals surface area contributed by atoms with E-state index in [2.05, 4.69) is 0 Å². The van der Waals surface area contributed by atoms with E-state index in [9.17, 15) is 9.90 Å². The second kappa shape index (κ2) is 3.11. The molecule has 0 bridgehead atoms. The minimum Gasteiger partial charge on any atom is -0.508 e. The van der Waals surface area contributed by atoms with E-state index >= 15 is 0 Å². The molecule has 1 aliphatic rings. The zero-order valence-electron chi connectivity index (χ0n) is 9.04. The van der Waals surface area contributed by atoms with Gasteiger partial charge in [0.15, 0.2) is 0 Å². The molecule has 1 heterocycles. The molecule has 1 aromatic carbocycles. The number of aromatic hydroxyl groups is 1. The predicted molar refractivity (Wildman–Crippen MR) is 60.9 cm³/mol. The van der Waals surface area contributed by atoms with Crippen LogP contribution in [0.5, 0.6) is 5.75 Å². The third-order valence-electron chi connectivity index (χ3n) is 3.29. The van der Waals surface area contributed by atoms with Crippen LogP contribution in [-0.2, 0) is 12.8 Å². The zero-order valence-corrected chi connectivity index (χ0v) is 9.04. The van der Waals surface area contributed by atoms with Crippen molar-refractivity contribution >= 4 is 11.0 Å². The van der Waals surface area contributed by atoms with Gasteiger partial charge in [0.25, 0.3) is 0 Å². The summed E-state index contributed by atoms with van der Waals surface area (Å²) in [5, 5.41) is 10.6. The predicted octanol–water partition coefficient (Wildman–Crippen LogP) is 2.30. The Morgan fingerprint density at radius 1 is 1.25 bits per heavy atom. The highest BCUT2D eigenvalue weighted by atomic mass is 16.4. The van der Waals surface area contributed by atoms with Gasteiger partial charge in [-0.05, 0) is 49.4 Å². The molecule has 0 saturated carbocycles. The Labute approximate surface area is 92.3 Å². The van der Waals surface area contributed by atoms with E-state index < -0.39 is 0 Å². The average Bonchev–Trinajstić information content (AvgIpc) is 2.71. The van der Waals surface area contributed by atoms with Crippen LogP contribution in [0.3, 0.4) is 0 Å². The number of fused-ring (bicyclic) bond motifs is 3. The second-order valence-electron chi connectivity index (χ2n) is 4.34. The van der Waals surface area contributed by atoms with Crippen LogP contribution >= 0.6 is 0 Å². The third-order valence-corrected chi connectivity index (χ3v) is 3.29. The fourth-order valence-electron chi connectivity index (χ4n) is 2.42. The molecule has 0 atom stereocenters. The number of hydrogen-bond donors (Lipinski definition) is 1. The van der Waals surface area contributed by atoms with Crippen molar-refractivity contribution in [3.05, 3.63) is 39.2 Å². The highest BCUT2D eigenvalue weighted by molar-refractivity contribution is 5.84. The van der Waals surface area contributed by atoms with Crippen LogP contribution in [0.25, 0.3) is 11.0 Å². The van der Waals surface area contributed by atoms with Gasteiger partial charge in [-0.25, -0.2) is 4.79 Å². The lowest BCUT2D eigenvalue weighted by Gasteiger charge is -2.06. The van der Waals surface area contributed by atoms with Crippen molar-refractivity contribution < 1.29 is 9.52 Å². The van der Waals surface area contributed by atoms with Gasteiger partial charge in [-0.3, -0.25) is 0 Å². The first kappa shape index (κ1) is 9.46. The Hall–Kier alpha value is -1.77. The van der Waals surface area contributed by atoms with Gasteiger partial charge in [-0.1, -0.05) is 0 Å². The summed E-state index contributed by atoms with van der Waals surface area (Å²) >= 11 is 0. The number of benzene rings is 1. The minimum atomic E-state index is -0.218. The largest absolute Gasteiger partial charge is 0.508 e. The van der Waals surface area contributed by atoms with Crippen molar-refractivity contribution in [1.29, 1.82) is 0 Å². The summed E-state index contributed by atoms with van der Waals surface area (Å²) < 4.78 is 5.27. The molecule has 0 fully saturated rings. The smallest absolute Gasteiger partial charge is 0.339 e. The summed E-state index contributed by atoms with van der Waals surface area (Å²) in [6.07, 6.45) is 2.69. The lowest BCUT2D eigenvalue weighted by Crippen LogP contribution is -2.06. The fraction of sp³-hybridized carbons (Fsp3) is 0.308. The third kappa shape index (κ3) is 1.18. The fourth-order valence-corrected chi connectivity index (χ4v) is 2.42. The average molecular weight is 216 g/mol. The normalized spacial score (nSPS) is 14.3. The van der Waals surface area contributed by atoms with Crippen LogP contribution < -0.4 is 5.63 Å². The van der Waals surface area contributed by atoms with E-state index in [-0.39, 0.29) is 11.4 Å². The van der Waals surface area contributed by atoms with Crippen molar-refractivity contribution in [2.45, 2.75) is 26.2 Å². The lowest BCUT2D eigenvalue weighted by molar-refractivity contribution is 0.470. The van der Waals surface area contributed by atoms with Crippen LogP contribution in [-0.4, -0.2) is 5.11 Å². The quantitative estimate of drug-likeness (QED) is 0.687. The molecule has 0 spiro atoms. The zero-order chi connectivity index (χ0) is 11.3. The summed E-state index contributed by atoms with van der Waals surface area (Å²) in [5.41, 5.74) is 2.94. The first-order chi connectivity index (χ1) is 7.66.